The topological polar surface area (TPSA) is 69.4 Å². The maximum Gasteiger partial charge on any atom is 0.405 e. The number of ether oxygens (including phenoxy) is 1. The Morgan fingerprint density at radius 3 is 2.50 bits per heavy atom. The van der Waals surface area contributed by atoms with Crippen LogP contribution in [0.1, 0.15) is 36.7 Å². The van der Waals surface area contributed by atoms with Crippen LogP contribution in [-0.2, 0) is 11.2 Å². The molecule has 1 amide bonds. The molecular formula is C13H16ClNO3. The van der Waals surface area contributed by atoms with Crippen molar-refractivity contribution < 1.29 is 14.3 Å². The van der Waals surface area contributed by atoms with Gasteiger partial charge in [-0.2, -0.15) is 0 Å². The first-order valence-corrected chi connectivity index (χ1v) is 5.87. The molecule has 0 atom stereocenters. The zero-order chi connectivity index (χ0) is 13.9. The summed E-state index contributed by atoms with van der Waals surface area (Å²) in [5.41, 5.74) is 5.55. The number of ketones is 1. The number of nitrogens with two attached hydrogens (primary N) is 1. The number of primary amides is 1. The average molecular weight is 270 g/mol. The van der Waals surface area contributed by atoms with Crippen LogP contribution in [0.5, 0.6) is 0 Å². The Hall–Kier alpha value is -1.55. The molecule has 0 aliphatic carbocycles. The van der Waals surface area contributed by atoms with Gasteiger partial charge >= 0.3 is 6.09 Å². The molecule has 1 aromatic carbocycles. The summed E-state index contributed by atoms with van der Waals surface area (Å²) in [6.45, 7) is 4.95. The summed E-state index contributed by atoms with van der Waals surface area (Å²) in [5.74, 6) is -0.0402. The van der Waals surface area contributed by atoms with Crippen LogP contribution in [0, 0.1) is 0 Å². The summed E-state index contributed by atoms with van der Waals surface area (Å²) in [4.78, 5) is 22.1. The van der Waals surface area contributed by atoms with Gasteiger partial charge in [0.2, 0.25) is 0 Å². The van der Waals surface area contributed by atoms with Crippen LogP contribution < -0.4 is 5.73 Å². The predicted octanol–water partition coefficient (Wildman–Crippen LogP) is 2.96. The first kappa shape index (κ1) is 14.5. The number of benzene rings is 1. The van der Waals surface area contributed by atoms with Gasteiger partial charge in [0.15, 0.2) is 5.78 Å². The van der Waals surface area contributed by atoms with Gasteiger partial charge in [0.25, 0.3) is 0 Å². The Balaban J connectivity index is 2.99. The highest BCUT2D eigenvalue weighted by Crippen LogP contribution is 2.24. The lowest BCUT2D eigenvalue weighted by Crippen LogP contribution is -2.33. The fourth-order valence-electron chi connectivity index (χ4n) is 1.70. The molecule has 0 heterocycles. The molecule has 1 aromatic rings. The Bertz CT molecular complexity index is 483. The minimum atomic E-state index is -0.834. The number of Topliss-reactive ketones (excluding diaryl/α,β-unsaturated/α-hetero) is 1. The standard InChI is InChI=1S/C13H16ClNO3/c1-8(16)9-4-5-11(14)10(6-9)7-13(2,3)18-12(15)17/h4-6H,7H2,1-3H3,(H2,15,17). The van der Waals surface area contributed by atoms with Crippen molar-refractivity contribution in [3.8, 4) is 0 Å². The third-order valence-electron chi connectivity index (χ3n) is 2.45. The Morgan fingerprint density at radius 1 is 1.39 bits per heavy atom. The number of rotatable bonds is 4. The van der Waals surface area contributed by atoms with Crippen LogP contribution in [0.4, 0.5) is 4.79 Å². The van der Waals surface area contributed by atoms with E-state index in [1.165, 1.54) is 6.92 Å². The fourth-order valence-corrected chi connectivity index (χ4v) is 1.88. The number of halogens is 1. The molecule has 0 unspecified atom stereocenters. The van der Waals surface area contributed by atoms with Gasteiger partial charge in [0, 0.05) is 17.0 Å². The largest absolute Gasteiger partial charge is 0.443 e. The van der Waals surface area contributed by atoms with Gasteiger partial charge in [-0.25, -0.2) is 4.79 Å². The molecule has 98 valence electrons. The van der Waals surface area contributed by atoms with Crippen molar-refractivity contribution >= 4 is 23.5 Å². The molecule has 1 rings (SSSR count). The third-order valence-corrected chi connectivity index (χ3v) is 2.81. The first-order valence-electron chi connectivity index (χ1n) is 5.49. The van der Waals surface area contributed by atoms with Crippen LogP contribution in [0.3, 0.4) is 0 Å². The summed E-state index contributed by atoms with van der Waals surface area (Å²) in [7, 11) is 0. The van der Waals surface area contributed by atoms with Gasteiger partial charge < -0.3 is 10.5 Å². The first-order chi connectivity index (χ1) is 8.21. The lowest BCUT2D eigenvalue weighted by molar-refractivity contribution is 0.0460. The van der Waals surface area contributed by atoms with E-state index in [1.54, 1.807) is 32.0 Å². The maximum absolute atomic E-state index is 11.3. The zero-order valence-electron chi connectivity index (χ0n) is 10.6. The van der Waals surface area contributed by atoms with Gasteiger partial charge in [0.1, 0.15) is 5.60 Å². The number of amides is 1. The Kier molecular flexibility index (Phi) is 4.35. The fraction of sp³-hybridized carbons (Fsp3) is 0.385. The molecule has 0 fully saturated rings. The molecule has 5 heteroatoms. The molecule has 0 aliphatic rings. The van der Waals surface area contributed by atoms with Gasteiger partial charge in [0.05, 0.1) is 0 Å². The highest BCUT2D eigenvalue weighted by molar-refractivity contribution is 6.31. The maximum atomic E-state index is 11.3. The normalized spacial score (nSPS) is 11.1. The average Bonchev–Trinajstić information content (AvgIpc) is 2.18. The summed E-state index contributed by atoms with van der Waals surface area (Å²) in [5, 5.41) is 0.529. The molecule has 2 N–H and O–H groups in total. The second-order valence-electron chi connectivity index (χ2n) is 4.72. The lowest BCUT2D eigenvalue weighted by Gasteiger charge is -2.24. The molecule has 0 bridgehead atoms. The van der Waals surface area contributed by atoms with E-state index >= 15 is 0 Å². The van der Waals surface area contributed by atoms with E-state index in [4.69, 9.17) is 22.1 Å². The molecule has 0 spiro atoms. The van der Waals surface area contributed by atoms with Crippen LogP contribution >= 0.6 is 11.6 Å². The Morgan fingerprint density at radius 2 is 2.00 bits per heavy atom. The van der Waals surface area contributed by atoms with Crippen molar-refractivity contribution in [1.29, 1.82) is 0 Å². The van der Waals surface area contributed by atoms with E-state index in [0.717, 1.165) is 5.56 Å². The van der Waals surface area contributed by atoms with E-state index in [2.05, 4.69) is 0 Å². The second-order valence-corrected chi connectivity index (χ2v) is 5.13. The number of carbonyl (C=O) groups excluding carboxylic acids is 2. The van der Waals surface area contributed by atoms with E-state index in [0.29, 0.717) is 17.0 Å². The molecule has 4 nitrogen and oxygen atoms in total. The van der Waals surface area contributed by atoms with Crippen LogP contribution in [0.2, 0.25) is 5.02 Å². The van der Waals surface area contributed by atoms with Crippen LogP contribution in [-0.4, -0.2) is 17.5 Å². The van der Waals surface area contributed by atoms with Gasteiger partial charge in [-0.1, -0.05) is 11.6 Å². The van der Waals surface area contributed by atoms with Crippen molar-refractivity contribution in [2.45, 2.75) is 32.8 Å². The van der Waals surface area contributed by atoms with Crippen LogP contribution in [0.25, 0.3) is 0 Å². The molecule has 0 aromatic heterocycles. The number of hydrogen-bond acceptors (Lipinski definition) is 3. The molecule has 0 radical (unpaired) electrons. The molecule has 0 saturated heterocycles. The monoisotopic (exact) mass is 269 g/mol. The minimum absolute atomic E-state index is 0.0402. The lowest BCUT2D eigenvalue weighted by atomic mass is 9.96. The van der Waals surface area contributed by atoms with Crippen molar-refractivity contribution in [1.82, 2.24) is 0 Å². The molecular weight excluding hydrogens is 254 g/mol. The van der Waals surface area contributed by atoms with E-state index in [-0.39, 0.29) is 5.78 Å². The molecule has 0 aliphatic heterocycles. The van der Waals surface area contributed by atoms with Crippen molar-refractivity contribution in [2.24, 2.45) is 5.73 Å². The van der Waals surface area contributed by atoms with Gasteiger partial charge in [-0.15, -0.1) is 0 Å². The Labute approximate surface area is 111 Å². The number of carbonyl (C=O) groups is 2. The van der Waals surface area contributed by atoms with Crippen molar-refractivity contribution in [3.05, 3.63) is 34.3 Å². The number of hydrogen-bond donors (Lipinski definition) is 1. The van der Waals surface area contributed by atoms with Gasteiger partial charge in [-0.3, -0.25) is 4.79 Å². The highest BCUT2D eigenvalue weighted by atomic mass is 35.5. The van der Waals surface area contributed by atoms with Crippen LogP contribution in [0.15, 0.2) is 18.2 Å². The smallest absolute Gasteiger partial charge is 0.405 e. The summed E-state index contributed by atoms with van der Waals surface area (Å²) >= 11 is 6.06. The van der Waals surface area contributed by atoms with Gasteiger partial charge in [-0.05, 0) is 44.5 Å². The molecule has 18 heavy (non-hydrogen) atoms. The van der Waals surface area contributed by atoms with E-state index < -0.39 is 11.7 Å². The predicted molar refractivity (Wildman–Crippen MR) is 69.9 cm³/mol. The summed E-state index contributed by atoms with van der Waals surface area (Å²) < 4.78 is 4.99. The van der Waals surface area contributed by atoms with Crippen molar-refractivity contribution in [2.75, 3.05) is 0 Å². The second kappa shape index (κ2) is 5.40. The quantitative estimate of drug-likeness (QED) is 0.855. The third kappa shape index (κ3) is 4.04. The highest BCUT2D eigenvalue weighted by Gasteiger charge is 2.23. The molecule has 0 saturated carbocycles. The summed E-state index contributed by atoms with van der Waals surface area (Å²) in [6.07, 6.45) is -0.450. The SMILES string of the molecule is CC(=O)c1ccc(Cl)c(CC(C)(C)OC(N)=O)c1. The van der Waals surface area contributed by atoms with E-state index in [1.807, 2.05) is 0 Å². The zero-order valence-corrected chi connectivity index (χ0v) is 11.4. The van der Waals surface area contributed by atoms with Crippen molar-refractivity contribution in [3.63, 3.8) is 0 Å². The minimum Gasteiger partial charge on any atom is -0.443 e. The van der Waals surface area contributed by atoms with E-state index in [9.17, 15) is 9.59 Å². The summed E-state index contributed by atoms with van der Waals surface area (Å²) in [6, 6.07) is 5.03.